The topological polar surface area (TPSA) is 85.9 Å². The van der Waals surface area contributed by atoms with E-state index in [1.54, 1.807) is 24.4 Å². The van der Waals surface area contributed by atoms with Crippen LogP contribution >= 0.6 is 0 Å². The number of benzene rings is 3. The van der Waals surface area contributed by atoms with Crippen LogP contribution in [-0.4, -0.2) is 51.4 Å². The normalized spacial score (nSPS) is 12.7. The Morgan fingerprint density at radius 3 is 2.26 bits per heavy atom. The predicted octanol–water partition coefficient (Wildman–Crippen LogP) is 5.45. The molecule has 2 heterocycles. The Balaban J connectivity index is 1.69. The van der Waals surface area contributed by atoms with Gasteiger partial charge in [0.05, 0.1) is 33.9 Å². The molecule has 0 saturated heterocycles. The molecule has 1 unspecified atom stereocenters. The first-order valence-corrected chi connectivity index (χ1v) is 14.2. The molecule has 200 valence electrons. The highest BCUT2D eigenvalue weighted by atomic mass is 32.2. The van der Waals surface area contributed by atoms with Gasteiger partial charge in [0.25, 0.3) is 0 Å². The van der Waals surface area contributed by atoms with Gasteiger partial charge >= 0.3 is 0 Å². The molecule has 9 heteroatoms. The molecule has 0 saturated carbocycles. The lowest BCUT2D eigenvalue weighted by Crippen LogP contribution is -2.22. The number of hydrogen-bond acceptors (Lipinski definition) is 5. The molecule has 8 nitrogen and oxygen atoms in total. The molecule has 0 spiro atoms. The van der Waals surface area contributed by atoms with E-state index in [1.807, 2.05) is 53.6 Å². The van der Waals surface area contributed by atoms with Gasteiger partial charge in [-0.3, -0.25) is 0 Å². The van der Waals surface area contributed by atoms with Crippen molar-refractivity contribution >= 4 is 10.0 Å². The smallest absolute Gasteiger partial charge is 0.242 e. The summed E-state index contributed by atoms with van der Waals surface area (Å²) in [5, 5.41) is 8.81. The van der Waals surface area contributed by atoms with Crippen molar-refractivity contribution in [3.63, 3.8) is 0 Å². The van der Waals surface area contributed by atoms with Crippen LogP contribution in [-0.2, 0) is 10.0 Å². The van der Waals surface area contributed by atoms with Gasteiger partial charge < -0.3 is 4.57 Å². The minimum absolute atomic E-state index is 0.0382. The van der Waals surface area contributed by atoms with E-state index in [0.29, 0.717) is 0 Å². The molecule has 3 aromatic carbocycles. The summed E-state index contributed by atoms with van der Waals surface area (Å²) in [6.45, 7) is 8.16. The summed E-state index contributed by atoms with van der Waals surface area (Å²) in [5.74, 6) is 0.894. The number of aromatic nitrogens is 5. The van der Waals surface area contributed by atoms with E-state index in [1.165, 1.54) is 24.0 Å². The van der Waals surface area contributed by atoms with Gasteiger partial charge in [-0.25, -0.2) is 22.4 Å². The van der Waals surface area contributed by atoms with Crippen molar-refractivity contribution in [2.24, 2.45) is 0 Å². The molecule has 0 N–H and O–H groups in total. The van der Waals surface area contributed by atoms with Crippen LogP contribution in [0.4, 0.5) is 0 Å². The van der Waals surface area contributed by atoms with Crippen molar-refractivity contribution in [3.8, 4) is 22.5 Å². The van der Waals surface area contributed by atoms with Crippen LogP contribution in [0, 0.1) is 20.8 Å². The van der Waals surface area contributed by atoms with Gasteiger partial charge in [-0.15, -0.1) is 5.10 Å². The molecule has 0 amide bonds. The van der Waals surface area contributed by atoms with Gasteiger partial charge in [0.2, 0.25) is 10.0 Å². The largest absolute Gasteiger partial charge is 0.302 e. The molecular formula is C30H32N6O2S. The fourth-order valence-corrected chi connectivity index (χ4v) is 5.68. The standard InChI is InChI=1S/C30H32N6O2S/c1-20-10-12-24(13-11-20)22(3)30-18-31-33-36(30)29-17-26(14-15-28(29)35-19-21(2)32-23(35)4)25-8-7-9-27(16-25)39(37,38)34(5)6/h7-19,22H,1-6H3. The maximum absolute atomic E-state index is 12.8. The van der Waals surface area contributed by atoms with Crippen LogP contribution in [0.5, 0.6) is 0 Å². The van der Waals surface area contributed by atoms with Crippen LogP contribution in [0.15, 0.2) is 84.0 Å². The zero-order chi connectivity index (χ0) is 27.9. The minimum atomic E-state index is -3.57. The Bertz CT molecular complexity index is 1750. The van der Waals surface area contributed by atoms with Crippen molar-refractivity contribution in [1.29, 1.82) is 0 Å². The molecule has 5 aromatic rings. The van der Waals surface area contributed by atoms with Crippen molar-refractivity contribution in [2.45, 2.75) is 38.5 Å². The third kappa shape index (κ3) is 5.03. The van der Waals surface area contributed by atoms with Crippen molar-refractivity contribution < 1.29 is 8.42 Å². The number of aryl methyl sites for hydroxylation is 3. The zero-order valence-electron chi connectivity index (χ0n) is 23.0. The second kappa shape index (κ2) is 10.2. The summed E-state index contributed by atoms with van der Waals surface area (Å²) in [4.78, 5) is 4.85. The maximum atomic E-state index is 12.8. The highest BCUT2D eigenvalue weighted by Crippen LogP contribution is 2.32. The van der Waals surface area contributed by atoms with E-state index >= 15 is 0 Å². The maximum Gasteiger partial charge on any atom is 0.242 e. The molecule has 39 heavy (non-hydrogen) atoms. The summed E-state index contributed by atoms with van der Waals surface area (Å²) < 4.78 is 30.8. The molecule has 1 atom stereocenters. The Morgan fingerprint density at radius 2 is 1.59 bits per heavy atom. The van der Waals surface area contributed by atoms with E-state index in [-0.39, 0.29) is 10.8 Å². The van der Waals surface area contributed by atoms with E-state index < -0.39 is 10.0 Å². The highest BCUT2D eigenvalue weighted by molar-refractivity contribution is 7.89. The lowest BCUT2D eigenvalue weighted by Gasteiger charge is -2.19. The lowest BCUT2D eigenvalue weighted by molar-refractivity contribution is 0.521. The van der Waals surface area contributed by atoms with E-state index in [2.05, 4.69) is 53.4 Å². The third-order valence-electron chi connectivity index (χ3n) is 7.01. The van der Waals surface area contributed by atoms with Gasteiger partial charge in [-0.2, -0.15) is 0 Å². The molecule has 0 aliphatic rings. The van der Waals surface area contributed by atoms with Gasteiger partial charge in [0.1, 0.15) is 5.82 Å². The summed E-state index contributed by atoms with van der Waals surface area (Å²) in [7, 11) is -0.506. The van der Waals surface area contributed by atoms with Gasteiger partial charge in [0.15, 0.2) is 0 Å². The Hall–Kier alpha value is -4.08. The molecule has 2 aromatic heterocycles. The first kappa shape index (κ1) is 26.5. The van der Waals surface area contributed by atoms with Crippen molar-refractivity contribution in [1.82, 2.24) is 28.9 Å². The van der Waals surface area contributed by atoms with Crippen LogP contribution in [0.2, 0.25) is 0 Å². The van der Waals surface area contributed by atoms with Crippen LogP contribution in [0.25, 0.3) is 22.5 Å². The first-order valence-electron chi connectivity index (χ1n) is 12.7. The number of hydrogen-bond donors (Lipinski definition) is 0. The number of imidazole rings is 1. The predicted molar refractivity (Wildman–Crippen MR) is 153 cm³/mol. The summed E-state index contributed by atoms with van der Waals surface area (Å²) in [6, 6.07) is 21.5. The lowest BCUT2D eigenvalue weighted by atomic mass is 9.97. The monoisotopic (exact) mass is 540 g/mol. The second-order valence-corrected chi connectivity index (χ2v) is 12.2. The molecule has 0 bridgehead atoms. The summed E-state index contributed by atoms with van der Waals surface area (Å²) in [6.07, 6.45) is 3.80. The minimum Gasteiger partial charge on any atom is -0.302 e. The zero-order valence-corrected chi connectivity index (χ0v) is 23.8. The summed E-state index contributed by atoms with van der Waals surface area (Å²) in [5.41, 5.74) is 7.60. The van der Waals surface area contributed by atoms with Crippen LogP contribution in [0.3, 0.4) is 0 Å². The first-order chi connectivity index (χ1) is 18.6. The number of sulfonamides is 1. The van der Waals surface area contributed by atoms with E-state index in [0.717, 1.165) is 45.3 Å². The van der Waals surface area contributed by atoms with Gasteiger partial charge in [-0.1, -0.05) is 60.2 Å². The van der Waals surface area contributed by atoms with E-state index in [9.17, 15) is 8.42 Å². The molecule has 0 aliphatic heterocycles. The fourth-order valence-electron chi connectivity index (χ4n) is 4.74. The SMILES string of the molecule is Cc1ccc(C(C)c2cnnn2-c2cc(-c3cccc(S(=O)(=O)N(C)C)c3)ccc2-n2cc(C)nc2C)cc1. The number of nitrogens with zero attached hydrogens (tertiary/aromatic N) is 6. The Kier molecular flexibility index (Phi) is 6.96. The van der Waals surface area contributed by atoms with Crippen molar-refractivity contribution in [2.75, 3.05) is 14.1 Å². The average Bonchev–Trinajstić information content (AvgIpc) is 3.54. The van der Waals surface area contributed by atoms with Crippen molar-refractivity contribution in [3.05, 3.63) is 107 Å². The number of rotatable bonds is 7. The molecule has 0 aliphatic carbocycles. The van der Waals surface area contributed by atoms with Gasteiger partial charge in [0, 0.05) is 26.2 Å². The average molecular weight is 541 g/mol. The van der Waals surface area contributed by atoms with Gasteiger partial charge in [-0.05, 0) is 61.7 Å². The third-order valence-corrected chi connectivity index (χ3v) is 8.82. The molecule has 0 radical (unpaired) electrons. The Labute approximate surface area is 229 Å². The molecule has 0 fully saturated rings. The molecule has 5 rings (SSSR count). The quantitative estimate of drug-likeness (QED) is 0.274. The van der Waals surface area contributed by atoms with E-state index in [4.69, 9.17) is 0 Å². The summed E-state index contributed by atoms with van der Waals surface area (Å²) >= 11 is 0. The van der Waals surface area contributed by atoms with Crippen LogP contribution < -0.4 is 0 Å². The highest BCUT2D eigenvalue weighted by Gasteiger charge is 2.21. The van der Waals surface area contributed by atoms with Crippen LogP contribution in [0.1, 0.15) is 41.2 Å². The second-order valence-electron chi connectivity index (χ2n) is 10.0. The molecular weight excluding hydrogens is 508 g/mol. The fraction of sp³-hybridized carbons (Fsp3) is 0.233. The Morgan fingerprint density at radius 1 is 0.872 bits per heavy atom.